The van der Waals surface area contributed by atoms with E-state index in [4.69, 9.17) is 23.7 Å². The molecule has 1 aromatic carbocycles. The molecule has 1 aliphatic heterocycles. The lowest BCUT2D eigenvalue weighted by atomic mass is 9.94. The summed E-state index contributed by atoms with van der Waals surface area (Å²) in [5.41, 5.74) is 0.191. The van der Waals surface area contributed by atoms with Crippen LogP contribution in [0, 0.1) is 0 Å². The van der Waals surface area contributed by atoms with E-state index < -0.39 is 23.7 Å². The zero-order valence-electron chi connectivity index (χ0n) is 24.8. The summed E-state index contributed by atoms with van der Waals surface area (Å²) in [4.78, 5) is 38.3. The number of hydrogen-bond acceptors (Lipinski definition) is 8. The fourth-order valence-corrected chi connectivity index (χ4v) is 4.93. The SMILES string of the molecule is COC(=O)C(Cc1ccc(OC2CCC(OC3CCN(C(=O)OC(C)C)CC3)CC2)cc1)NC(=O)OC(C)(C)C. The monoisotopic (exact) mass is 562 g/mol. The van der Waals surface area contributed by atoms with Gasteiger partial charge in [-0.2, -0.15) is 0 Å². The van der Waals surface area contributed by atoms with E-state index in [2.05, 4.69) is 5.32 Å². The number of esters is 1. The molecule has 1 heterocycles. The van der Waals surface area contributed by atoms with Crippen LogP contribution in [-0.4, -0.2) is 79.3 Å². The summed E-state index contributed by atoms with van der Waals surface area (Å²) in [6, 6.07) is 6.69. The molecule has 2 fully saturated rings. The van der Waals surface area contributed by atoms with Gasteiger partial charge >= 0.3 is 18.2 Å². The molecule has 40 heavy (non-hydrogen) atoms. The first kappa shape index (κ1) is 31.5. The van der Waals surface area contributed by atoms with Crippen LogP contribution in [0.15, 0.2) is 24.3 Å². The predicted octanol–water partition coefficient (Wildman–Crippen LogP) is 5.01. The Morgan fingerprint density at radius 3 is 2.05 bits per heavy atom. The number of likely N-dealkylation sites (tertiary alicyclic amines) is 1. The van der Waals surface area contributed by atoms with Gasteiger partial charge < -0.3 is 33.9 Å². The lowest BCUT2D eigenvalue weighted by Crippen LogP contribution is -2.45. The number of carbonyl (C=O) groups is 3. The largest absolute Gasteiger partial charge is 0.490 e. The topological polar surface area (TPSA) is 113 Å². The van der Waals surface area contributed by atoms with Crippen LogP contribution in [0.25, 0.3) is 0 Å². The first-order valence-electron chi connectivity index (χ1n) is 14.4. The second-order valence-electron chi connectivity index (χ2n) is 11.8. The molecule has 3 rings (SSSR count). The molecule has 1 saturated carbocycles. The first-order valence-corrected chi connectivity index (χ1v) is 14.4. The minimum absolute atomic E-state index is 0.108. The maximum Gasteiger partial charge on any atom is 0.410 e. The fourth-order valence-electron chi connectivity index (χ4n) is 4.93. The third-order valence-corrected chi connectivity index (χ3v) is 6.89. The van der Waals surface area contributed by atoms with Crippen LogP contribution in [0.1, 0.15) is 78.7 Å². The van der Waals surface area contributed by atoms with Gasteiger partial charge in [0.2, 0.25) is 0 Å². The zero-order valence-corrected chi connectivity index (χ0v) is 24.8. The Morgan fingerprint density at radius 1 is 0.925 bits per heavy atom. The highest BCUT2D eigenvalue weighted by atomic mass is 16.6. The molecule has 1 N–H and O–H groups in total. The van der Waals surface area contributed by atoms with Crippen molar-refractivity contribution < 1.29 is 38.1 Å². The van der Waals surface area contributed by atoms with Gasteiger partial charge in [-0.05, 0) is 90.8 Å². The fraction of sp³-hybridized carbons (Fsp3) is 0.700. The Morgan fingerprint density at radius 2 is 1.50 bits per heavy atom. The number of alkyl carbamates (subject to hydrolysis) is 1. The highest BCUT2D eigenvalue weighted by Gasteiger charge is 2.30. The summed E-state index contributed by atoms with van der Waals surface area (Å²) in [6.45, 7) is 10.3. The number of benzene rings is 1. The van der Waals surface area contributed by atoms with E-state index in [0.29, 0.717) is 13.1 Å². The van der Waals surface area contributed by atoms with Crippen LogP contribution >= 0.6 is 0 Å². The van der Waals surface area contributed by atoms with Crippen LogP contribution in [0.5, 0.6) is 5.75 Å². The summed E-state index contributed by atoms with van der Waals surface area (Å²) < 4.78 is 28.0. The van der Waals surface area contributed by atoms with Crippen LogP contribution < -0.4 is 10.1 Å². The molecule has 1 aliphatic carbocycles. The van der Waals surface area contributed by atoms with Crippen molar-refractivity contribution >= 4 is 18.2 Å². The average Bonchev–Trinajstić information content (AvgIpc) is 2.89. The molecule has 0 radical (unpaired) electrons. The lowest BCUT2D eigenvalue weighted by molar-refractivity contribution is -0.143. The second kappa shape index (κ2) is 14.6. The number of piperidine rings is 1. The van der Waals surface area contributed by atoms with Crippen LogP contribution in [0.4, 0.5) is 9.59 Å². The highest BCUT2D eigenvalue weighted by molar-refractivity contribution is 5.81. The molecular weight excluding hydrogens is 516 g/mol. The van der Waals surface area contributed by atoms with Crippen molar-refractivity contribution in [1.29, 1.82) is 0 Å². The number of methoxy groups -OCH3 is 1. The molecule has 224 valence electrons. The first-order chi connectivity index (χ1) is 18.9. The molecule has 10 heteroatoms. The molecule has 0 spiro atoms. The normalized spacial score (nSPS) is 20.9. The van der Waals surface area contributed by atoms with E-state index in [-0.39, 0.29) is 36.9 Å². The van der Waals surface area contributed by atoms with Crippen molar-refractivity contribution in [2.75, 3.05) is 20.2 Å². The van der Waals surface area contributed by atoms with E-state index in [1.807, 2.05) is 38.1 Å². The van der Waals surface area contributed by atoms with Crippen molar-refractivity contribution in [3.8, 4) is 5.75 Å². The molecule has 0 bridgehead atoms. The molecule has 10 nitrogen and oxygen atoms in total. The number of rotatable bonds is 9. The van der Waals surface area contributed by atoms with Crippen LogP contribution in [-0.2, 0) is 30.2 Å². The van der Waals surface area contributed by atoms with E-state index >= 15 is 0 Å². The van der Waals surface area contributed by atoms with Gasteiger partial charge in [-0.15, -0.1) is 0 Å². The Kier molecular flexibility index (Phi) is 11.5. The minimum Gasteiger partial charge on any atom is -0.490 e. The van der Waals surface area contributed by atoms with Crippen LogP contribution in [0.3, 0.4) is 0 Å². The van der Waals surface area contributed by atoms with E-state index in [1.54, 1.807) is 25.7 Å². The third kappa shape index (κ3) is 10.5. The Hall–Kier alpha value is -3.01. The second-order valence-corrected chi connectivity index (χ2v) is 11.8. The number of carbonyl (C=O) groups excluding carboxylic acids is 3. The predicted molar refractivity (Wildman–Crippen MR) is 149 cm³/mol. The maximum absolute atomic E-state index is 12.2. The Bertz CT molecular complexity index is 959. The summed E-state index contributed by atoms with van der Waals surface area (Å²) in [7, 11) is 1.29. The molecule has 1 unspecified atom stereocenters. The van der Waals surface area contributed by atoms with E-state index in [1.165, 1.54) is 7.11 Å². The van der Waals surface area contributed by atoms with E-state index in [0.717, 1.165) is 49.8 Å². The molecule has 1 aromatic rings. The number of ether oxygens (including phenoxy) is 5. The van der Waals surface area contributed by atoms with Crippen molar-refractivity contribution in [3.05, 3.63) is 29.8 Å². The molecule has 0 aromatic heterocycles. The quantitative estimate of drug-likeness (QED) is 0.330. The van der Waals surface area contributed by atoms with Gasteiger partial charge in [0.15, 0.2) is 0 Å². The molecule has 1 atom stereocenters. The summed E-state index contributed by atoms with van der Waals surface area (Å²) in [5, 5.41) is 2.60. The van der Waals surface area contributed by atoms with Gasteiger partial charge in [0, 0.05) is 19.5 Å². The van der Waals surface area contributed by atoms with Crippen molar-refractivity contribution in [3.63, 3.8) is 0 Å². The van der Waals surface area contributed by atoms with Gasteiger partial charge in [0.1, 0.15) is 17.4 Å². The summed E-state index contributed by atoms with van der Waals surface area (Å²) >= 11 is 0. The van der Waals surface area contributed by atoms with Gasteiger partial charge in [0.25, 0.3) is 0 Å². The number of amides is 2. The van der Waals surface area contributed by atoms with E-state index in [9.17, 15) is 14.4 Å². The number of nitrogens with one attached hydrogen (secondary N) is 1. The summed E-state index contributed by atoms with van der Waals surface area (Å²) in [6.07, 6.45) is 5.15. The van der Waals surface area contributed by atoms with Crippen molar-refractivity contribution in [2.45, 2.75) is 116 Å². The number of nitrogens with zero attached hydrogens (tertiary/aromatic N) is 1. The standard InChI is InChI=1S/C30H46N2O8/c1-20(2)37-29(35)32-17-15-25(16-18-32)39-24-13-11-23(12-14-24)38-22-9-7-21(8-10-22)19-26(27(33)36-6)31-28(34)40-30(3,4)5/h7-10,20,23-26H,11-19H2,1-6H3,(H,31,34). The van der Waals surface area contributed by atoms with Gasteiger partial charge in [-0.1, -0.05) is 12.1 Å². The van der Waals surface area contributed by atoms with Gasteiger partial charge in [-0.3, -0.25) is 0 Å². The zero-order chi connectivity index (χ0) is 29.3. The van der Waals surface area contributed by atoms with Crippen molar-refractivity contribution in [2.24, 2.45) is 0 Å². The minimum atomic E-state index is -0.858. The Labute approximate surface area is 238 Å². The average molecular weight is 563 g/mol. The maximum atomic E-state index is 12.2. The number of hydrogen-bond donors (Lipinski definition) is 1. The molecular formula is C30H46N2O8. The van der Waals surface area contributed by atoms with Gasteiger partial charge in [0.05, 0.1) is 31.5 Å². The third-order valence-electron chi connectivity index (χ3n) is 6.89. The summed E-state index contributed by atoms with van der Waals surface area (Å²) in [5.74, 6) is 0.229. The highest BCUT2D eigenvalue weighted by Crippen LogP contribution is 2.28. The van der Waals surface area contributed by atoms with Crippen molar-refractivity contribution in [1.82, 2.24) is 10.2 Å². The molecule has 2 aliphatic rings. The van der Waals surface area contributed by atoms with Gasteiger partial charge in [-0.25, -0.2) is 14.4 Å². The van der Waals surface area contributed by atoms with Crippen LogP contribution in [0.2, 0.25) is 0 Å². The smallest absolute Gasteiger partial charge is 0.410 e. The lowest BCUT2D eigenvalue weighted by Gasteiger charge is -2.36. The Balaban J connectivity index is 1.40. The molecule has 1 saturated heterocycles. The molecule has 2 amide bonds.